The van der Waals surface area contributed by atoms with E-state index in [0.717, 1.165) is 38.1 Å². The van der Waals surface area contributed by atoms with Crippen LogP contribution in [0, 0.1) is 13.8 Å². The Kier molecular flexibility index (Phi) is 6.65. The van der Waals surface area contributed by atoms with Gasteiger partial charge in [0.1, 0.15) is 0 Å². The predicted octanol–water partition coefficient (Wildman–Crippen LogP) is 7.73. The van der Waals surface area contributed by atoms with Crippen LogP contribution in [-0.4, -0.2) is 38.8 Å². The number of fused-ring (bicyclic) bond motifs is 4. The number of nitrogens with zero attached hydrogens (tertiary/aromatic N) is 1. The molecule has 1 spiro atoms. The quantitative estimate of drug-likeness (QED) is 0.207. The zero-order valence-corrected chi connectivity index (χ0v) is 23.9. The van der Waals surface area contributed by atoms with Crippen molar-refractivity contribution in [3.8, 4) is 0 Å². The number of aryl methyl sites for hydroxylation is 2. The minimum absolute atomic E-state index is 0.253. The topological polar surface area (TPSA) is 21.7 Å². The standard InChI is InChI=1S/C28H22F12NO2P/c1-15-13-17(41(3)4)14-16(2)22(15)44(20-11-7-5-9-18(20)23(42-44,25(29,30)31)26(32,33)34)21-12-8-6-10-19(21)24(43-44,27(35,36)37)28(38,39)40/h5-14H,1-4H3. The van der Waals surface area contributed by atoms with Crippen LogP contribution in [0.1, 0.15) is 22.3 Å². The van der Waals surface area contributed by atoms with Gasteiger partial charge in [0.2, 0.25) is 0 Å². The van der Waals surface area contributed by atoms with Gasteiger partial charge in [0.05, 0.1) is 0 Å². The first kappa shape index (κ1) is 32.4. The molecule has 3 aromatic carbocycles. The summed E-state index contributed by atoms with van der Waals surface area (Å²) in [5.41, 5.74) is -14.4. The first-order valence-electron chi connectivity index (χ1n) is 12.6. The maximum atomic E-state index is 15.0. The molecule has 0 aromatic heterocycles. The summed E-state index contributed by atoms with van der Waals surface area (Å²) in [5.74, 6) is 0. The molecule has 44 heavy (non-hydrogen) atoms. The van der Waals surface area contributed by atoms with Crippen molar-refractivity contribution in [2.75, 3.05) is 19.0 Å². The molecule has 2 aliphatic heterocycles. The molecule has 5 rings (SSSR count). The van der Waals surface area contributed by atoms with Crippen molar-refractivity contribution in [1.82, 2.24) is 0 Å². The van der Waals surface area contributed by atoms with Gasteiger partial charge in [-0.2, -0.15) is 0 Å². The van der Waals surface area contributed by atoms with Gasteiger partial charge in [-0.15, -0.1) is 0 Å². The first-order valence-corrected chi connectivity index (χ1v) is 14.7. The summed E-state index contributed by atoms with van der Waals surface area (Å²) in [6.45, 7) is 2.30. The number of rotatable bonds is 2. The van der Waals surface area contributed by atoms with Crippen LogP contribution in [0.3, 0.4) is 0 Å². The SMILES string of the molecule is Cc1cc(N(C)C)cc(C)c1P12(OC(C(F)(F)F)(C(F)(F)F)c3ccccc31)OC(C(F)(F)F)(C(F)(F)F)c1ccccc12. The fourth-order valence-electron chi connectivity index (χ4n) is 6.52. The molecule has 3 aromatic rings. The summed E-state index contributed by atoms with van der Waals surface area (Å²) in [6, 6.07) is 7.66. The average molecular weight is 663 g/mol. The Balaban J connectivity index is 2.17. The first-order chi connectivity index (χ1) is 19.9. The summed E-state index contributed by atoms with van der Waals surface area (Å²) in [5, 5.41) is -3.19. The van der Waals surface area contributed by atoms with E-state index in [1.807, 2.05) is 0 Å². The Morgan fingerprint density at radius 3 is 1.18 bits per heavy atom. The Bertz CT molecular complexity index is 1520. The monoisotopic (exact) mass is 663 g/mol. The van der Waals surface area contributed by atoms with Crippen LogP contribution in [0.5, 0.6) is 0 Å². The molecule has 0 amide bonds. The molecule has 2 aliphatic rings. The zero-order valence-electron chi connectivity index (χ0n) is 23.0. The molecule has 16 heteroatoms. The number of hydrogen-bond acceptors (Lipinski definition) is 3. The number of anilines is 1. The summed E-state index contributed by atoms with van der Waals surface area (Å²) in [6.07, 6.45) is -25.7. The maximum absolute atomic E-state index is 15.0. The van der Waals surface area contributed by atoms with Crippen molar-refractivity contribution < 1.29 is 61.7 Å². The molecule has 0 N–H and O–H groups in total. The van der Waals surface area contributed by atoms with Crippen LogP contribution in [0.15, 0.2) is 60.7 Å². The molecule has 0 aliphatic carbocycles. The molecule has 0 saturated carbocycles. The van der Waals surface area contributed by atoms with Crippen molar-refractivity contribution in [2.24, 2.45) is 0 Å². The van der Waals surface area contributed by atoms with E-state index >= 15 is 0 Å². The Labute approximate surface area is 242 Å². The summed E-state index contributed by atoms with van der Waals surface area (Å²) in [7, 11) is -3.99. The van der Waals surface area contributed by atoms with Gasteiger partial charge in [-0.25, -0.2) is 0 Å². The van der Waals surface area contributed by atoms with Gasteiger partial charge in [0.15, 0.2) is 0 Å². The molecular formula is C28H22F12NO2P. The molecule has 0 bridgehead atoms. The van der Waals surface area contributed by atoms with Crippen molar-refractivity contribution in [1.29, 1.82) is 0 Å². The van der Waals surface area contributed by atoms with E-state index in [0.29, 0.717) is 30.0 Å². The normalized spacial score (nSPS) is 21.0. The van der Waals surface area contributed by atoms with Crippen molar-refractivity contribution >= 4 is 28.7 Å². The third-order valence-corrected chi connectivity index (χ3v) is 13.4. The van der Waals surface area contributed by atoms with Gasteiger partial charge < -0.3 is 0 Å². The van der Waals surface area contributed by atoms with Crippen LogP contribution in [0.4, 0.5) is 58.4 Å². The second kappa shape index (κ2) is 9.03. The van der Waals surface area contributed by atoms with Crippen molar-refractivity contribution in [3.05, 3.63) is 82.9 Å². The molecule has 0 fully saturated rings. The van der Waals surface area contributed by atoms with Gasteiger partial charge in [0.25, 0.3) is 0 Å². The molecule has 0 unspecified atom stereocenters. The number of benzene rings is 3. The van der Waals surface area contributed by atoms with Gasteiger partial charge in [-0.3, -0.25) is 0 Å². The van der Waals surface area contributed by atoms with Crippen LogP contribution >= 0.6 is 7.06 Å². The molecule has 0 saturated heterocycles. The van der Waals surface area contributed by atoms with E-state index < -0.39 is 70.0 Å². The van der Waals surface area contributed by atoms with E-state index in [1.54, 1.807) is 0 Å². The third-order valence-electron chi connectivity index (χ3n) is 8.06. The minimum atomic E-state index is -7.04. The van der Waals surface area contributed by atoms with E-state index in [2.05, 4.69) is 0 Å². The van der Waals surface area contributed by atoms with Crippen LogP contribution in [-0.2, 0) is 20.2 Å². The average Bonchev–Trinajstić information content (AvgIpc) is 3.32. The number of halogens is 12. The van der Waals surface area contributed by atoms with Crippen molar-refractivity contribution in [2.45, 2.75) is 49.8 Å². The summed E-state index contributed by atoms with van der Waals surface area (Å²) >= 11 is 0. The Morgan fingerprint density at radius 1 is 0.568 bits per heavy atom. The predicted molar refractivity (Wildman–Crippen MR) is 139 cm³/mol. The van der Waals surface area contributed by atoms with Gasteiger partial charge in [-0.05, 0) is 0 Å². The van der Waals surface area contributed by atoms with Gasteiger partial charge in [-0.1, -0.05) is 0 Å². The molecule has 3 nitrogen and oxygen atoms in total. The number of alkyl halides is 12. The van der Waals surface area contributed by atoms with Crippen LogP contribution < -0.4 is 20.8 Å². The molecule has 0 atom stereocenters. The second-order valence-electron chi connectivity index (χ2n) is 10.9. The molecular weight excluding hydrogens is 641 g/mol. The Hall–Kier alpha value is -3.03. The molecule has 0 radical (unpaired) electrons. The molecule has 2 heterocycles. The number of hydrogen-bond donors (Lipinski definition) is 0. The fraction of sp³-hybridized carbons (Fsp3) is 0.357. The Morgan fingerprint density at radius 2 is 0.886 bits per heavy atom. The van der Waals surface area contributed by atoms with E-state index in [1.165, 1.54) is 31.1 Å². The van der Waals surface area contributed by atoms with Crippen LogP contribution in [0.25, 0.3) is 0 Å². The van der Waals surface area contributed by atoms with Crippen molar-refractivity contribution in [3.63, 3.8) is 0 Å². The van der Waals surface area contributed by atoms with Crippen LogP contribution in [0.2, 0.25) is 0 Å². The summed E-state index contributed by atoms with van der Waals surface area (Å²) in [4.78, 5) is 1.48. The van der Waals surface area contributed by atoms with E-state index in [-0.39, 0.29) is 11.1 Å². The van der Waals surface area contributed by atoms with E-state index in [4.69, 9.17) is 9.05 Å². The van der Waals surface area contributed by atoms with E-state index in [9.17, 15) is 52.7 Å². The summed E-state index contributed by atoms with van der Waals surface area (Å²) < 4.78 is 190. The third kappa shape index (κ3) is 3.60. The second-order valence-corrected chi connectivity index (χ2v) is 14.5. The van der Waals surface area contributed by atoms with Gasteiger partial charge >= 0.3 is 242 Å². The fourth-order valence-corrected chi connectivity index (χ4v) is 13.0. The molecule has 240 valence electrons. The zero-order chi connectivity index (χ0) is 33.1. The van der Waals surface area contributed by atoms with Gasteiger partial charge in [0, 0.05) is 0 Å².